The number of benzene rings is 2. The van der Waals surface area contributed by atoms with Crippen LogP contribution in [0.15, 0.2) is 75.4 Å². The number of allylic oxidation sites excluding steroid dienone is 3. The highest BCUT2D eigenvalue weighted by molar-refractivity contribution is 6.37. The minimum atomic E-state index is 0.437. The van der Waals surface area contributed by atoms with Gasteiger partial charge in [-0.2, -0.15) is 5.10 Å². The van der Waals surface area contributed by atoms with E-state index in [1.165, 1.54) is 0 Å². The number of hydrogen-bond donors (Lipinski definition) is 3. The first-order valence-electron chi connectivity index (χ1n) is 11.6. The normalized spacial score (nSPS) is 13.4. The highest BCUT2D eigenvalue weighted by Crippen LogP contribution is 2.26. The van der Waals surface area contributed by atoms with Crippen molar-refractivity contribution >= 4 is 40.9 Å². The van der Waals surface area contributed by atoms with Crippen molar-refractivity contribution in [3.63, 3.8) is 0 Å². The average Bonchev–Trinajstić information content (AvgIpc) is 2.84. The second-order valence-electron chi connectivity index (χ2n) is 8.07. The summed E-state index contributed by atoms with van der Waals surface area (Å²) >= 11 is 0. The SMILES string of the molecule is CCC/C=C(/N=C/C=C(\C)Nc1ccc(/C(C=N)=N/N)cc1)c1ccc(C)c(N=C(C)CC)c1. The zero-order valence-corrected chi connectivity index (χ0v) is 20.9. The van der Waals surface area contributed by atoms with E-state index in [0.717, 1.165) is 70.6 Å². The molecule has 0 aliphatic carbocycles. The van der Waals surface area contributed by atoms with Gasteiger partial charge in [0.05, 0.1) is 11.4 Å². The van der Waals surface area contributed by atoms with Crippen LogP contribution in [0.25, 0.3) is 5.70 Å². The first kappa shape index (κ1) is 26.5. The van der Waals surface area contributed by atoms with Gasteiger partial charge in [-0.25, -0.2) is 0 Å². The largest absolute Gasteiger partial charge is 0.359 e. The predicted molar refractivity (Wildman–Crippen MR) is 149 cm³/mol. The lowest BCUT2D eigenvalue weighted by Crippen LogP contribution is -2.05. The molecule has 2 aromatic rings. The molecule has 4 N–H and O–H groups in total. The highest BCUT2D eigenvalue weighted by atomic mass is 15.1. The third-order valence-electron chi connectivity index (χ3n) is 5.29. The molecule has 0 amide bonds. The minimum absolute atomic E-state index is 0.437. The van der Waals surface area contributed by atoms with Crippen molar-refractivity contribution in [3.05, 3.63) is 77.0 Å². The van der Waals surface area contributed by atoms with E-state index in [9.17, 15) is 0 Å². The topological polar surface area (TPSA) is 99.0 Å². The van der Waals surface area contributed by atoms with Crippen molar-refractivity contribution < 1.29 is 0 Å². The predicted octanol–water partition coefficient (Wildman–Crippen LogP) is 7.04. The molecular formula is C28H36N6. The van der Waals surface area contributed by atoms with Gasteiger partial charge in [0.2, 0.25) is 0 Å². The van der Waals surface area contributed by atoms with E-state index in [1.54, 1.807) is 0 Å². The van der Waals surface area contributed by atoms with Crippen LogP contribution in [-0.4, -0.2) is 23.9 Å². The Morgan fingerprint density at radius 3 is 2.38 bits per heavy atom. The summed E-state index contributed by atoms with van der Waals surface area (Å²) in [5.74, 6) is 5.32. The van der Waals surface area contributed by atoms with Gasteiger partial charge in [-0.15, -0.1) is 0 Å². The number of anilines is 1. The molecule has 34 heavy (non-hydrogen) atoms. The molecule has 0 spiro atoms. The number of nitrogens with one attached hydrogen (secondary N) is 2. The summed E-state index contributed by atoms with van der Waals surface area (Å²) in [4.78, 5) is 9.53. The van der Waals surface area contributed by atoms with Gasteiger partial charge in [0.15, 0.2) is 0 Å². The van der Waals surface area contributed by atoms with Crippen LogP contribution in [-0.2, 0) is 0 Å². The van der Waals surface area contributed by atoms with Crippen LogP contribution in [0, 0.1) is 12.3 Å². The quantitative estimate of drug-likeness (QED) is 0.192. The van der Waals surface area contributed by atoms with Crippen LogP contribution in [0.2, 0.25) is 0 Å². The number of aryl methyl sites for hydroxylation is 1. The molecule has 178 valence electrons. The lowest BCUT2D eigenvalue weighted by atomic mass is 10.1. The smallest absolute Gasteiger partial charge is 0.107 e. The van der Waals surface area contributed by atoms with Crippen LogP contribution in [0.5, 0.6) is 0 Å². The van der Waals surface area contributed by atoms with Crippen molar-refractivity contribution in [1.82, 2.24) is 0 Å². The third kappa shape index (κ3) is 7.96. The van der Waals surface area contributed by atoms with E-state index in [1.807, 2.05) is 43.5 Å². The Kier molecular flexibility index (Phi) is 10.6. The van der Waals surface area contributed by atoms with Crippen molar-refractivity contribution in [2.24, 2.45) is 20.9 Å². The molecule has 0 aliphatic heterocycles. The lowest BCUT2D eigenvalue weighted by molar-refractivity contribution is 0.958. The maximum atomic E-state index is 7.35. The van der Waals surface area contributed by atoms with Gasteiger partial charge >= 0.3 is 0 Å². The van der Waals surface area contributed by atoms with Crippen LogP contribution >= 0.6 is 0 Å². The molecule has 0 fully saturated rings. The Labute approximate surface area is 203 Å². The molecule has 2 rings (SSSR count). The Bertz CT molecular complexity index is 1120. The highest BCUT2D eigenvalue weighted by Gasteiger charge is 2.05. The maximum absolute atomic E-state index is 7.35. The monoisotopic (exact) mass is 456 g/mol. The molecule has 0 saturated heterocycles. The molecule has 0 radical (unpaired) electrons. The molecule has 0 atom stereocenters. The van der Waals surface area contributed by atoms with E-state index in [2.05, 4.69) is 62.4 Å². The summed E-state index contributed by atoms with van der Waals surface area (Å²) in [6.07, 6.45) is 10.1. The van der Waals surface area contributed by atoms with Gasteiger partial charge in [-0.3, -0.25) is 9.98 Å². The van der Waals surface area contributed by atoms with E-state index in [0.29, 0.717) is 5.71 Å². The van der Waals surface area contributed by atoms with Gasteiger partial charge in [0.25, 0.3) is 0 Å². The number of rotatable bonds is 11. The summed E-state index contributed by atoms with van der Waals surface area (Å²) in [5.41, 5.74) is 8.41. The first-order chi connectivity index (χ1) is 16.4. The zero-order chi connectivity index (χ0) is 24.9. The van der Waals surface area contributed by atoms with Gasteiger partial charge in [0, 0.05) is 40.7 Å². The zero-order valence-electron chi connectivity index (χ0n) is 20.9. The first-order valence-corrected chi connectivity index (χ1v) is 11.6. The van der Waals surface area contributed by atoms with E-state index in [-0.39, 0.29) is 0 Å². The Hall–Kier alpha value is -3.80. The molecule has 0 saturated carbocycles. The number of hydrogen-bond acceptors (Lipinski definition) is 6. The van der Waals surface area contributed by atoms with Crippen LogP contribution in [0.1, 0.15) is 63.6 Å². The fourth-order valence-corrected chi connectivity index (χ4v) is 3.12. The molecular weight excluding hydrogens is 420 g/mol. The molecule has 0 bridgehead atoms. The molecule has 6 heteroatoms. The lowest BCUT2D eigenvalue weighted by Gasteiger charge is -2.08. The van der Waals surface area contributed by atoms with E-state index < -0.39 is 0 Å². The third-order valence-corrected chi connectivity index (χ3v) is 5.29. The van der Waals surface area contributed by atoms with Crippen molar-refractivity contribution in [1.29, 1.82) is 5.41 Å². The number of aliphatic imine (C=N–C) groups is 2. The Balaban J connectivity index is 2.21. The summed E-state index contributed by atoms with van der Waals surface area (Å²) in [6, 6.07) is 14.0. The molecule has 0 heterocycles. The van der Waals surface area contributed by atoms with Crippen molar-refractivity contribution in [2.75, 3.05) is 5.32 Å². The van der Waals surface area contributed by atoms with Gasteiger partial charge in [-0.1, -0.05) is 50.6 Å². The standard InChI is InChI=1S/C28H36N6/c1-6-8-9-26(24-11-10-20(3)27(18-24)33-21(4)7-2)31-17-16-22(5)32-25-14-12-23(13-15-25)28(19-29)34-30/h9-19,29,32H,6-8,30H2,1-5H3/b22-16+,26-9+,29-19?,31-17+,33-21?,34-28+. The number of unbranched alkanes of at least 4 members (excludes halogenated alkanes) is 1. The summed E-state index contributed by atoms with van der Waals surface area (Å²) < 4.78 is 0. The Morgan fingerprint density at radius 1 is 1.06 bits per heavy atom. The fourth-order valence-electron chi connectivity index (χ4n) is 3.12. The van der Waals surface area contributed by atoms with Crippen LogP contribution in [0.4, 0.5) is 11.4 Å². The second-order valence-corrected chi connectivity index (χ2v) is 8.07. The molecule has 0 aromatic heterocycles. The molecule has 6 nitrogen and oxygen atoms in total. The summed E-state index contributed by atoms with van der Waals surface area (Å²) in [7, 11) is 0. The van der Waals surface area contributed by atoms with Crippen molar-refractivity contribution in [2.45, 2.75) is 53.9 Å². The second kappa shape index (κ2) is 13.7. The van der Waals surface area contributed by atoms with Gasteiger partial charge < -0.3 is 16.6 Å². The summed E-state index contributed by atoms with van der Waals surface area (Å²) in [6.45, 7) is 10.4. The molecule has 2 aromatic carbocycles. The Morgan fingerprint density at radius 2 is 1.76 bits per heavy atom. The van der Waals surface area contributed by atoms with Crippen molar-refractivity contribution in [3.8, 4) is 0 Å². The molecule has 0 aliphatic rings. The fraction of sp³-hybridized carbons (Fsp3) is 0.286. The minimum Gasteiger partial charge on any atom is -0.359 e. The van der Waals surface area contributed by atoms with Crippen LogP contribution in [0.3, 0.4) is 0 Å². The maximum Gasteiger partial charge on any atom is 0.107 e. The van der Waals surface area contributed by atoms with Gasteiger partial charge in [-0.05, 0) is 63.5 Å². The summed E-state index contributed by atoms with van der Waals surface area (Å²) in [5, 5.41) is 14.3. The molecule has 0 unspecified atom stereocenters. The van der Waals surface area contributed by atoms with Gasteiger partial charge in [0.1, 0.15) is 5.71 Å². The number of nitrogens with zero attached hydrogens (tertiary/aromatic N) is 3. The average molecular weight is 457 g/mol. The van der Waals surface area contributed by atoms with E-state index >= 15 is 0 Å². The number of hydrazone groups is 1. The van der Waals surface area contributed by atoms with Crippen LogP contribution < -0.4 is 11.2 Å². The number of nitrogens with two attached hydrogens (primary N) is 1. The van der Waals surface area contributed by atoms with E-state index in [4.69, 9.17) is 21.2 Å².